The molecule has 0 aromatic heterocycles. The Balaban J connectivity index is 3.26. The van der Waals surface area contributed by atoms with Crippen molar-refractivity contribution in [2.24, 2.45) is 0 Å². The number of halogens is 2. The first-order valence-electron chi connectivity index (χ1n) is 1.06. The summed E-state index contributed by atoms with van der Waals surface area (Å²) < 4.78 is 10.9. The Labute approximate surface area is 37.9 Å². The summed E-state index contributed by atoms with van der Waals surface area (Å²) in [6, 6.07) is 0. The molecule has 0 aromatic carbocycles. The van der Waals surface area contributed by atoms with Crippen molar-refractivity contribution in [3.63, 3.8) is 0 Å². The SMILES string of the molecule is O=[N+]([O-])C(F)Cl. The van der Waals surface area contributed by atoms with Crippen LogP contribution in [0.4, 0.5) is 4.39 Å². The van der Waals surface area contributed by atoms with Crippen LogP contribution in [0.15, 0.2) is 0 Å². The lowest BCUT2D eigenvalue weighted by atomic mass is 11.4. The molecule has 36 valence electrons. The Morgan fingerprint density at radius 1 is 2.00 bits per heavy atom. The van der Waals surface area contributed by atoms with Crippen LogP contribution in [0.5, 0.6) is 0 Å². The van der Waals surface area contributed by atoms with Gasteiger partial charge in [-0.15, -0.1) is 0 Å². The Morgan fingerprint density at radius 3 is 2.17 bits per heavy atom. The summed E-state index contributed by atoms with van der Waals surface area (Å²) in [6.07, 6.45) is 0. The highest BCUT2D eigenvalue weighted by Gasteiger charge is 2.09. The number of hydrogen-bond donors (Lipinski definition) is 0. The molecule has 1 atom stereocenters. The Kier molecular flexibility index (Phi) is 1.80. The molecule has 0 radical (unpaired) electrons. The number of alkyl halides is 2. The standard InChI is InChI=1S/CHClFNO2/c2-1(3)4(5)6/h1H. The zero-order chi connectivity index (χ0) is 5.15. The first-order valence-corrected chi connectivity index (χ1v) is 1.50. The van der Waals surface area contributed by atoms with Crippen molar-refractivity contribution in [2.45, 2.75) is 5.75 Å². The molecule has 0 saturated carbocycles. The van der Waals surface area contributed by atoms with Crippen molar-refractivity contribution in [3.8, 4) is 0 Å². The molecular formula is CHClFNO2. The summed E-state index contributed by atoms with van der Waals surface area (Å²) in [6.45, 7) is 0. The van der Waals surface area contributed by atoms with Crippen LogP contribution in [-0.4, -0.2) is 10.7 Å². The maximum absolute atomic E-state index is 10.9. The molecule has 0 spiro atoms. The molecule has 0 bridgehead atoms. The van der Waals surface area contributed by atoms with Crippen LogP contribution in [0.3, 0.4) is 0 Å². The predicted octanol–water partition coefficient (Wildman–Crippen LogP) is 0.755. The zero-order valence-corrected chi connectivity index (χ0v) is 3.35. The summed E-state index contributed by atoms with van der Waals surface area (Å²) in [5.41, 5.74) is 0. The van der Waals surface area contributed by atoms with Crippen molar-refractivity contribution in [2.75, 3.05) is 0 Å². The van der Waals surface area contributed by atoms with E-state index in [4.69, 9.17) is 10.1 Å². The van der Waals surface area contributed by atoms with Crippen LogP contribution >= 0.6 is 11.6 Å². The Morgan fingerprint density at radius 2 is 2.17 bits per heavy atom. The van der Waals surface area contributed by atoms with E-state index in [2.05, 4.69) is 11.6 Å². The van der Waals surface area contributed by atoms with Gasteiger partial charge >= 0.3 is 5.75 Å². The molecule has 5 heteroatoms. The van der Waals surface area contributed by atoms with Gasteiger partial charge in [0.05, 0.1) is 4.92 Å². The summed E-state index contributed by atoms with van der Waals surface area (Å²) in [5.74, 6) is -2.45. The van der Waals surface area contributed by atoms with E-state index in [9.17, 15) is 4.39 Å². The lowest BCUT2D eigenvalue weighted by Gasteiger charge is -1.81. The first-order chi connectivity index (χ1) is 2.64. The van der Waals surface area contributed by atoms with Crippen LogP contribution < -0.4 is 0 Å². The van der Waals surface area contributed by atoms with Gasteiger partial charge in [0.2, 0.25) is 0 Å². The molecule has 0 aromatic rings. The van der Waals surface area contributed by atoms with Crippen molar-refractivity contribution in [1.82, 2.24) is 0 Å². The third-order valence-corrected chi connectivity index (χ3v) is 0.319. The normalized spacial score (nSPS) is 13.7. The third kappa shape index (κ3) is 1.90. The van der Waals surface area contributed by atoms with E-state index in [-0.39, 0.29) is 0 Å². The molecule has 0 aliphatic rings. The summed E-state index contributed by atoms with van der Waals surface area (Å²) in [4.78, 5) is 7.76. The van der Waals surface area contributed by atoms with Gasteiger partial charge < -0.3 is 0 Å². The van der Waals surface area contributed by atoms with Gasteiger partial charge in [-0.25, -0.2) is 0 Å². The molecule has 0 saturated heterocycles. The minimum atomic E-state index is -2.45. The van der Waals surface area contributed by atoms with E-state index in [1.165, 1.54) is 0 Å². The minimum absolute atomic E-state index is 1.23. The van der Waals surface area contributed by atoms with Crippen molar-refractivity contribution >= 4 is 11.6 Å². The van der Waals surface area contributed by atoms with Gasteiger partial charge in [0.1, 0.15) is 0 Å². The fourth-order valence-corrected chi connectivity index (χ4v) is 0. The second-order valence-corrected chi connectivity index (χ2v) is 0.923. The lowest BCUT2D eigenvalue weighted by Crippen LogP contribution is -2.03. The van der Waals surface area contributed by atoms with E-state index in [0.717, 1.165) is 0 Å². The van der Waals surface area contributed by atoms with Crippen molar-refractivity contribution < 1.29 is 9.31 Å². The number of hydrogen-bond acceptors (Lipinski definition) is 2. The van der Waals surface area contributed by atoms with Crippen LogP contribution in [0, 0.1) is 10.1 Å². The Bertz CT molecular complexity index is 64.6. The summed E-state index contributed by atoms with van der Waals surface area (Å²) in [5, 5.41) is 9.00. The summed E-state index contributed by atoms with van der Waals surface area (Å²) >= 11 is 4.25. The van der Waals surface area contributed by atoms with Crippen molar-refractivity contribution in [3.05, 3.63) is 10.1 Å². The highest BCUT2D eigenvalue weighted by atomic mass is 35.5. The van der Waals surface area contributed by atoms with E-state index in [1.807, 2.05) is 0 Å². The molecule has 1 unspecified atom stereocenters. The van der Waals surface area contributed by atoms with E-state index in [1.54, 1.807) is 0 Å². The first kappa shape index (κ1) is 5.62. The molecule has 6 heavy (non-hydrogen) atoms. The molecule has 3 nitrogen and oxygen atoms in total. The maximum atomic E-state index is 10.9. The molecular weight excluding hydrogens is 112 g/mol. The molecule has 0 amide bonds. The zero-order valence-electron chi connectivity index (χ0n) is 2.60. The third-order valence-electron chi connectivity index (χ3n) is 0.159. The van der Waals surface area contributed by atoms with Gasteiger partial charge in [-0.05, 0) is 11.6 Å². The average Bonchev–Trinajstić information content (AvgIpc) is 1.36. The summed E-state index contributed by atoms with van der Waals surface area (Å²) in [7, 11) is 0. The van der Waals surface area contributed by atoms with Gasteiger partial charge in [0.15, 0.2) is 0 Å². The van der Waals surface area contributed by atoms with Crippen LogP contribution in [0.25, 0.3) is 0 Å². The monoisotopic (exact) mass is 113 g/mol. The van der Waals surface area contributed by atoms with Crippen LogP contribution in [0.2, 0.25) is 0 Å². The fourth-order valence-electron chi connectivity index (χ4n) is 0. The molecule has 0 N–H and O–H groups in total. The molecule has 0 aliphatic heterocycles. The Hall–Kier alpha value is -0.380. The van der Waals surface area contributed by atoms with Crippen LogP contribution in [-0.2, 0) is 0 Å². The van der Waals surface area contributed by atoms with Gasteiger partial charge in [0.25, 0.3) is 0 Å². The smallest absolute Gasteiger partial charge is 0.261 e. The van der Waals surface area contributed by atoms with Gasteiger partial charge in [-0.3, -0.25) is 10.1 Å². The van der Waals surface area contributed by atoms with E-state index in [0.29, 0.717) is 0 Å². The lowest BCUT2D eigenvalue weighted by molar-refractivity contribution is -0.526. The second kappa shape index (κ2) is 1.92. The van der Waals surface area contributed by atoms with Gasteiger partial charge in [0, 0.05) is 0 Å². The number of nitrogens with zero attached hydrogens (tertiary/aromatic N) is 1. The van der Waals surface area contributed by atoms with Crippen LogP contribution in [0.1, 0.15) is 0 Å². The highest BCUT2D eigenvalue weighted by Crippen LogP contribution is 1.94. The molecule has 0 fully saturated rings. The predicted molar refractivity (Wildman–Crippen MR) is 17.7 cm³/mol. The molecule has 0 rings (SSSR count). The number of nitro groups is 1. The maximum Gasteiger partial charge on any atom is 0.428 e. The number of rotatable bonds is 1. The second-order valence-electron chi connectivity index (χ2n) is 0.563. The quantitative estimate of drug-likeness (QED) is 0.218. The van der Waals surface area contributed by atoms with E-state index < -0.39 is 10.7 Å². The average molecular weight is 113 g/mol. The van der Waals surface area contributed by atoms with Gasteiger partial charge in [-0.2, -0.15) is 4.39 Å². The molecule has 0 heterocycles. The largest absolute Gasteiger partial charge is 0.428 e. The van der Waals surface area contributed by atoms with Gasteiger partial charge in [-0.1, -0.05) is 0 Å². The van der Waals surface area contributed by atoms with E-state index >= 15 is 0 Å². The topological polar surface area (TPSA) is 43.1 Å². The van der Waals surface area contributed by atoms with Crippen molar-refractivity contribution in [1.29, 1.82) is 0 Å². The highest BCUT2D eigenvalue weighted by molar-refractivity contribution is 6.18. The fraction of sp³-hybridized carbons (Fsp3) is 1.00. The molecule has 0 aliphatic carbocycles. The minimum Gasteiger partial charge on any atom is -0.261 e.